The monoisotopic (exact) mass is 329 g/mol. The van der Waals surface area contributed by atoms with Crippen molar-refractivity contribution in [3.05, 3.63) is 0 Å². The van der Waals surface area contributed by atoms with Crippen LogP contribution in [0.3, 0.4) is 0 Å². The van der Waals surface area contributed by atoms with E-state index in [1.54, 1.807) is 0 Å². The van der Waals surface area contributed by atoms with Crippen LogP contribution >= 0.6 is 0 Å². The highest BCUT2D eigenvalue weighted by Gasteiger charge is 2.15. The molecular formula is C16H39N7. The zero-order chi connectivity index (χ0) is 16.8. The highest BCUT2D eigenvalue weighted by molar-refractivity contribution is 4.71. The highest BCUT2D eigenvalue weighted by Crippen LogP contribution is 2.02. The van der Waals surface area contributed by atoms with Gasteiger partial charge in [-0.2, -0.15) is 0 Å². The first-order valence-corrected chi connectivity index (χ1v) is 9.28. The van der Waals surface area contributed by atoms with E-state index in [1.807, 2.05) is 0 Å². The van der Waals surface area contributed by atoms with Gasteiger partial charge in [0.25, 0.3) is 0 Å². The third-order valence-electron chi connectivity index (χ3n) is 4.48. The molecule has 2 heterocycles. The lowest BCUT2D eigenvalue weighted by Crippen LogP contribution is -2.47. The molecule has 138 valence electrons. The summed E-state index contributed by atoms with van der Waals surface area (Å²) in [5, 5.41) is 3.29. The second-order valence-corrected chi connectivity index (χ2v) is 6.35. The molecule has 0 amide bonds. The largest absolute Gasteiger partial charge is 0.330 e. The first-order valence-electron chi connectivity index (χ1n) is 9.28. The van der Waals surface area contributed by atoms with Crippen LogP contribution in [0.15, 0.2) is 0 Å². The predicted molar refractivity (Wildman–Crippen MR) is 98.6 cm³/mol. The average molecular weight is 330 g/mol. The third-order valence-corrected chi connectivity index (χ3v) is 4.48. The van der Waals surface area contributed by atoms with Crippen molar-refractivity contribution in [2.75, 3.05) is 91.6 Å². The van der Waals surface area contributed by atoms with Crippen LogP contribution < -0.4 is 22.5 Å². The van der Waals surface area contributed by atoms with Crippen molar-refractivity contribution in [2.45, 2.75) is 12.8 Å². The maximum Gasteiger partial charge on any atom is 0.0110 e. The van der Waals surface area contributed by atoms with Gasteiger partial charge < -0.3 is 32.3 Å². The van der Waals surface area contributed by atoms with Crippen LogP contribution in [0.1, 0.15) is 12.8 Å². The topological polar surface area (TPSA) is 99.8 Å². The van der Waals surface area contributed by atoms with Gasteiger partial charge in [0.1, 0.15) is 0 Å². The number of rotatable bonds is 8. The lowest BCUT2D eigenvalue weighted by molar-refractivity contribution is 0.131. The van der Waals surface area contributed by atoms with Crippen LogP contribution in [0.5, 0.6) is 0 Å². The molecule has 23 heavy (non-hydrogen) atoms. The lowest BCUT2D eigenvalue weighted by Gasteiger charge is -2.34. The van der Waals surface area contributed by atoms with Gasteiger partial charge in [-0.15, -0.1) is 0 Å². The molecule has 0 atom stereocenters. The number of hydrogen-bond donors (Lipinski definition) is 4. The van der Waals surface area contributed by atoms with Gasteiger partial charge in [0, 0.05) is 65.4 Å². The molecule has 0 unspecified atom stereocenters. The Labute approximate surface area is 142 Å². The summed E-state index contributed by atoms with van der Waals surface area (Å²) < 4.78 is 0. The fourth-order valence-corrected chi connectivity index (χ4v) is 2.98. The smallest absolute Gasteiger partial charge is 0.0110 e. The van der Waals surface area contributed by atoms with E-state index in [0.717, 1.165) is 65.2 Å². The lowest BCUT2D eigenvalue weighted by atomic mass is 10.2. The summed E-state index contributed by atoms with van der Waals surface area (Å²) in [7, 11) is 0. The molecule has 2 fully saturated rings. The molecule has 0 aliphatic carbocycles. The average Bonchev–Trinajstić information content (AvgIpc) is 2.61. The van der Waals surface area contributed by atoms with Crippen LogP contribution in [0, 0.1) is 0 Å². The number of nitrogens with zero attached hydrogens (tertiary/aromatic N) is 3. The van der Waals surface area contributed by atoms with Crippen LogP contribution in [0.4, 0.5) is 0 Å². The normalized spacial score (nSPS) is 21.0. The van der Waals surface area contributed by atoms with Gasteiger partial charge in [-0.3, -0.25) is 4.90 Å². The summed E-state index contributed by atoms with van der Waals surface area (Å²) in [4.78, 5) is 7.40. The molecule has 0 aromatic carbocycles. The van der Waals surface area contributed by atoms with Gasteiger partial charge in [0.2, 0.25) is 0 Å². The Morgan fingerprint density at radius 1 is 0.565 bits per heavy atom. The van der Waals surface area contributed by atoms with E-state index in [2.05, 4.69) is 20.0 Å². The molecule has 2 aliphatic rings. The number of nitrogens with two attached hydrogens (primary N) is 3. The van der Waals surface area contributed by atoms with Crippen LogP contribution in [0.2, 0.25) is 0 Å². The third kappa shape index (κ3) is 10.2. The summed E-state index contributed by atoms with van der Waals surface area (Å²) in [6.45, 7) is 15.2. The van der Waals surface area contributed by atoms with E-state index >= 15 is 0 Å². The Morgan fingerprint density at radius 2 is 1.00 bits per heavy atom. The van der Waals surface area contributed by atoms with Gasteiger partial charge in [-0.1, -0.05) is 0 Å². The van der Waals surface area contributed by atoms with Gasteiger partial charge in [0.15, 0.2) is 0 Å². The summed E-state index contributed by atoms with van der Waals surface area (Å²) in [5.41, 5.74) is 16.4. The van der Waals surface area contributed by atoms with Crippen LogP contribution in [-0.2, 0) is 0 Å². The fraction of sp³-hybridized carbons (Fsp3) is 1.00. The minimum atomic E-state index is 0.792. The van der Waals surface area contributed by atoms with Crippen molar-refractivity contribution in [1.82, 2.24) is 20.0 Å². The van der Waals surface area contributed by atoms with Crippen molar-refractivity contribution in [3.8, 4) is 0 Å². The molecule has 2 rings (SSSR count). The SMILES string of the molecule is NCCCN1CCN(CCCN)CC1.NCCN1CCNCC1. The van der Waals surface area contributed by atoms with Crippen molar-refractivity contribution in [2.24, 2.45) is 17.2 Å². The highest BCUT2D eigenvalue weighted by atomic mass is 15.3. The number of hydrogen-bond acceptors (Lipinski definition) is 7. The molecule has 7 nitrogen and oxygen atoms in total. The maximum atomic E-state index is 5.49. The van der Waals surface area contributed by atoms with Gasteiger partial charge in [-0.05, 0) is 39.0 Å². The minimum absolute atomic E-state index is 0.792. The first kappa shape index (κ1) is 20.8. The molecule has 0 saturated carbocycles. The zero-order valence-corrected chi connectivity index (χ0v) is 14.9. The van der Waals surface area contributed by atoms with Crippen molar-refractivity contribution < 1.29 is 0 Å². The first-order chi connectivity index (χ1) is 11.3. The predicted octanol–water partition coefficient (Wildman–Crippen LogP) is -1.85. The Morgan fingerprint density at radius 3 is 1.39 bits per heavy atom. The van der Waals surface area contributed by atoms with Crippen molar-refractivity contribution in [1.29, 1.82) is 0 Å². The van der Waals surface area contributed by atoms with E-state index in [4.69, 9.17) is 17.2 Å². The van der Waals surface area contributed by atoms with E-state index in [-0.39, 0.29) is 0 Å². The molecule has 7 N–H and O–H groups in total. The van der Waals surface area contributed by atoms with E-state index in [9.17, 15) is 0 Å². The second-order valence-electron chi connectivity index (χ2n) is 6.35. The molecule has 0 aromatic rings. The van der Waals surface area contributed by atoms with Gasteiger partial charge in [-0.25, -0.2) is 0 Å². The van der Waals surface area contributed by atoms with E-state index in [0.29, 0.717) is 0 Å². The molecule has 0 aromatic heterocycles. The number of nitrogens with one attached hydrogen (secondary N) is 1. The number of piperazine rings is 2. The molecule has 0 spiro atoms. The summed E-state index contributed by atoms with van der Waals surface area (Å²) in [6.07, 6.45) is 2.26. The molecule has 0 radical (unpaired) electrons. The van der Waals surface area contributed by atoms with Crippen LogP contribution in [-0.4, -0.2) is 106 Å². The molecule has 7 heteroatoms. The summed E-state index contributed by atoms with van der Waals surface area (Å²) in [6, 6.07) is 0. The summed E-state index contributed by atoms with van der Waals surface area (Å²) >= 11 is 0. The Balaban J connectivity index is 0.000000253. The van der Waals surface area contributed by atoms with E-state index < -0.39 is 0 Å². The molecule has 0 bridgehead atoms. The maximum absolute atomic E-state index is 5.49. The minimum Gasteiger partial charge on any atom is -0.330 e. The quantitative estimate of drug-likeness (QED) is 0.415. The van der Waals surface area contributed by atoms with Crippen molar-refractivity contribution in [3.63, 3.8) is 0 Å². The Bertz CT molecular complexity index is 232. The molecule has 2 aliphatic heterocycles. The standard InChI is InChI=1S/C10H24N4.C6H15N3/c11-3-1-5-13-7-9-14(10-8-13)6-2-4-12;7-1-4-9-5-2-8-3-6-9/h1-12H2;8H,1-7H2. The molecule has 2 saturated heterocycles. The molecular weight excluding hydrogens is 290 g/mol. The van der Waals surface area contributed by atoms with Crippen molar-refractivity contribution >= 4 is 0 Å². The fourth-order valence-electron chi connectivity index (χ4n) is 2.98. The van der Waals surface area contributed by atoms with E-state index in [1.165, 1.54) is 39.3 Å². The van der Waals surface area contributed by atoms with Gasteiger partial charge >= 0.3 is 0 Å². The Hall–Kier alpha value is -0.280. The van der Waals surface area contributed by atoms with Gasteiger partial charge in [0.05, 0.1) is 0 Å². The second kappa shape index (κ2) is 14.1. The zero-order valence-electron chi connectivity index (χ0n) is 14.9. The van der Waals surface area contributed by atoms with Crippen LogP contribution in [0.25, 0.3) is 0 Å². The summed E-state index contributed by atoms with van der Waals surface area (Å²) in [5.74, 6) is 0. The Kier molecular flexibility index (Phi) is 12.7.